The summed E-state index contributed by atoms with van der Waals surface area (Å²) in [7, 11) is -3.61. The molecular formula is C12H12N2O4S2. The number of carbonyl (C=O) groups is 1. The lowest BCUT2D eigenvalue weighted by molar-refractivity contribution is 0.0703. The van der Waals surface area contributed by atoms with Crippen LogP contribution in [0.25, 0.3) is 0 Å². The normalized spacial score (nSPS) is 11.2. The van der Waals surface area contributed by atoms with Crippen LogP contribution in [0, 0.1) is 0 Å². The van der Waals surface area contributed by atoms with Crippen molar-refractivity contribution in [1.29, 1.82) is 0 Å². The molecule has 2 aromatic rings. The molecule has 2 heterocycles. The monoisotopic (exact) mass is 312 g/mol. The van der Waals surface area contributed by atoms with Gasteiger partial charge in [-0.05, 0) is 23.6 Å². The Balaban J connectivity index is 2.04. The van der Waals surface area contributed by atoms with Gasteiger partial charge in [0.1, 0.15) is 4.88 Å². The van der Waals surface area contributed by atoms with E-state index in [4.69, 9.17) is 5.11 Å². The van der Waals surface area contributed by atoms with Crippen LogP contribution in [0.2, 0.25) is 0 Å². The van der Waals surface area contributed by atoms with Crippen LogP contribution in [0.5, 0.6) is 0 Å². The van der Waals surface area contributed by atoms with Gasteiger partial charge in [0.05, 0.1) is 11.4 Å². The van der Waals surface area contributed by atoms with Crippen molar-refractivity contribution in [2.24, 2.45) is 0 Å². The van der Waals surface area contributed by atoms with Gasteiger partial charge in [-0.1, -0.05) is 6.07 Å². The Morgan fingerprint density at radius 3 is 2.80 bits per heavy atom. The number of hydrogen-bond acceptors (Lipinski definition) is 5. The molecule has 0 saturated heterocycles. The Morgan fingerprint density at radius 2 is 2.15 bits per heavy atom. The molecule has 0 bridgehead atoms. The van der Waals surface area contributed by atoms with Crippen LogP contribution in [0.1, 0.15) is 15.4 Å². The topological polar surface area (TPSA) is 96.4 Å². The van der Waals surface area contributed by atoms with E-state index in [-0.39, 0.29) is 22.7 Å². The van der Waals surface area contributed by atoms with Crippen LogP contribution < -0.4 is 4.72 Å². The molecule has 0 aliphatic heterocycles. The second kappa shape index (κ2) is 6.02. The summed E-state index contributed by atoms with van der Waals surface area (Å²) in [5.41, 5.74) is 0.769. The summed E-state index contributed by atoms with van der Waals surface area (Å²) in [5.74, 6) is -1.30. The lowest BCUT2D eigenvalue weighted by atomic mass is 10.3. The average Bonchev–Trinajstić information content (AvgIpc) is 2.85. The Labute approximate surface area is 120 Å². The first-order valence-electron chi connectivity index (χ1n) is 5.69. The number of anilines is 1. The van der Waals surface area contributed by atoms with Crippen molar-refractivity contribution in [3.05, 3.63) is 46.4 Å². The molecule has 0 unspecified atom stereocenters. The molecule has 0 aliphatic rings. The molecule has 0 radical (unpaired) electrons. The van der Waals surface area contributed by atoms with Gasteiger partial charge in [0, 0.05) is 18.3 Å². The van der Waals surface area contributed by atoms with Crippen molar-refractivity contribution in [1.82, 2.24) is 4.98 Å². The number of nitrogens with one attached hydrogen (secondary N) is 1. The van der Waals surface area contributed by atoms with E-state index in [1.54, 1.807) is 24.4 Å². The molecule has 0 aliphatic carbocycles. The fraction of sp³-hybridized carbons (Fsp3) is 0.167. The van der Waals surface area contributed by atoms with E-state index in [0.717, 1.165) is 11.3 Å². The molecule has 8 heteroatoms. The summed E-state index contributed by atoms with van der Waals surface area (Å²) in [6.07, 6.45) is 1.86. The van der Waals surface area contributed by atoms with Gasteiger partial charge in [-0.25, -0.2) is 13.2 Å². The average molecular weight is 312 g/mol. The first-order valence-corrected chi connectivity index (χ1v) is 8.22. The fourth-order valence-corrected chi connectivity index (χ4v) is 3.40. The Bertz CT molecular complexity index is 695. The lowest BCUT2D eigenvalue weighted by Crippen LogP contribution is -2.19. The number of pyridine rings is 1. The van der Waals surface area contributed by atoms with Crippen LogP contribution in [0.4, 0.5) is 5.69 Å². The molecule has 0 fully saturated rings. The van der Waals surface area contributed by atoms with Gasteiger partial charge < -0.3 is 5.11 Å². The third kappa shape index (κ3) is 3.78. The van der Waals surface area contributed by atoms with Gasteiger partial charge in [0.2, 0.25) is 10.0 Å². The highest BCUT2D eigenvalue weighted by molar-refractivity contribution is 7.92. The van der Waals surface area contributed by atoms with E-state index in [2.05, 4.69) is 9.71 Å². The van der Waals surface area contributed by atoms with Crippen LogP contribution in [0.3, 0.4) is 0 Å². The maximum absolute atomic E-state index is 11.9. The number of carboxylic acids is 1. The Morgan fingerprint density at radius 1 is 1.35 bits per heavy atom. The first kappa shape index (κ1) is 14.5. The fourth-order valence-electron chi connectivity index (χ4n) is 1.56. The quantitative estimate of drug-likeness (QED) is 0.848. The van der Waals surface area contributed by atoms with Crippen LogP contribution in [-0.2, 0) is 16.4 Å². The molecule has 0 spiro atoms. The number of aryl methyl sites for hydroxylation is 1. The van der Waals surface area contributed by atoms with Crippen molar-refractivity contribution in [3.8, 4) is 0 Å². The zero-order valence-electron chi connectivity index (χ0n) is 10.3. The number of thiophene rings is 1. The van der Waals surface area contributed by atoms with Gasteiger partial charge in [0.25, 0.3) is 0 Å². The smallest absolute Gasteiger partial charge is 0.348 e. The molecular weight excluding hydrogens is 300 g/mol. The first-order chi connectivity index (χ1) is 9.48. The predicted octanol–water partition coefficient (Wildman–Crippen LogP) is 1.83. The molecule has 2 N–H and O–H groups in total. The molecule has 6 nitrogen and oxygen atoms in total. The van der Waals surface area contributed by atoms with E-state index in [0.29, 0.717) is 5.69 Å². The third-order valence-corrected chi connectivity index (χ3v) is 4.65. The minimum absolute atomic E-state index is 0.0218. The van der Waals surface area contributed by atoms with Gasteiger partial charge >= 0.3 is 5.97 Å². The summed E-state index contributed by atoms with van der Waals surface area (Å²) in [5, 5.41) is 10.5. The van der Waals surface area contributed by atoms with E-state index in [1.165, 1.54) is 11.4 Å². The Hall–Kier alpha value is -1.93. The number of carboxylic acid groups (broad SMARTS) is 1. The molecule has 20 heavy (non-hydrogen) atoms. The summed E-state index contributed by atoms with van der Waals surface area (Å²) < 4.78 is 26.1. The molecule has 106 valence electrons. The highest BCUT2D eigenvalue weighted by atomic mass is 32.2. The molecule has 2 aromatic heterocycles. The van der Waals surface area contributed by atoms with Crippen molar-refractivity contribution in [3.63, 3.8) is 0 Å². The SMILES string of the molecule is O=C(O)c1sccc1NS(=O)(=O)CCc1ccccn1. The molecule has 0 atom stereocenters. The van der Waals surface area contributed by atoms with Crippen LogP contribution in [0.15, 0.2) is 35.8 Å². The van der Waals surface area contributed by atoms with Gasteiger partial charge in [-0.3, -0.25) is 9.71 Å². The zero-order valence-corrected chi connectivity index (χ0v) is 11.9. The second-order valence-electron chi connectivity index (χ2n) is 3.96. The van der Waals surface area contributed by atoms with E-state index < -0.39 is 16.0 Å². The summed E-state index contributed by atoms with van der Waals surface area (Å²) in [6.45, 7) is 0. The summed E-state index contributed by atoms with van der Waals surface area (Å²) in [6, 6.07) is 6.71. The van der Waals surface area contributed by atoms with E-state index in [1.807, 2.05) is 0 Å². The number of aromatic nitrogens is 1. The Kier molecular flexibility index (Phi) is 4.35. The number of nitrogens with zero attached hydrogens (tertiary/aromatic N) is 1. The van der Waals surface area contributed by atoms with Crippen molar-refractivity contribution in [2.75, 3.05) is 10.5 Å². The minimum atomic E-state index is -3.61. The maximum Gasteiger partial charge on any atom is 0.348 e. The number of sulfonamides is 1. The number of rotatable bonds is 6. The number of hydrogen-bond donors (Lipinski definition) is 2. The zero-order chi connectivity index (χ0) is 14.6. The van der Waals surface area contributed by atoms with Crippen LogP contribution >= 0.6 is 11.3 Å². The number of aromatic carboxylic acids is 1. The maximum atomic E-state index is 11.9. The highest BCUT2D eigenvalue weighted by Crippen LogP contribution is 2.23. The standard InChI is InChI=1S/C12H12N2O4S2/c15-12(16)11-10(4-7-19-11)14-20(17,18)8-5-9-3-1-2-6-13-9/h1-4,6-7,14H,5,8H2,(H,15,16). The van der Waals surface area contributed by atoms with E-state index in [9.17, 15) is 13.2 Å². The van der Waals surface area contributed by atoms with Crippen molar-refractivity contribution in [2.45, 2.75) is 6.42 Å². The largest absolute Gasteiger partial charge is 0.477 e. The molecule has 0 amide bonds. The minimum Gasteiger partial charge on any atom is -0.477 e. The van der Waals surface area contributed by atoms with E-state index >= 15 is 0 Å². The van der Waals surface area contributed by atoms with Gasteiger partial charge in [0.15, 0.2) is 0 Å². The van der Waals surface area contributed by atoms with Crippen LogP contribution in [-0.4, -0.2) is 30.2 Å². The third-order valence-electron chi connectivity index (χ3n) is 2.48. The summed E-state index contributed by atoms with van der Waals surface area (Å²) >= 11 is 0.974. The molecule has 0 aromatic carbocycles. The lowest BCUT2D eigenvalue weighted by Gasteiger charge is -2.07. The van der Waals surface area contributed by atoms with Gasteiger partial charge in [-0.15, -0.1) is 11.3 Å². The van der Waals surface area contributed by atoms with Crippen molar-refractivity contribution >= 4 is 33.0 Å². The van der Waals surface area contributed by atoms with Gasteiger partial charge in [-0.2, -0.15) is 0 Å². The second-order valence-corrected chi connectivity index (χ2v) is 6.72. The molecule has 0 saturated carbocycles. The highest BCUT2D eigenvalue weighted by Gasteiger charge is 2.17. The van der Waals surface area contributed by atoms with Crippen molar-refractivity contribution < 1.29 is 18.3 Å². The molecule has 2 rings (SSSR count). The predicted molar refractivity (Wildman–Crippen MR) is 76.6 cm³/mol. The summed E-state index contributed by atoms with van der Waals surface area (Å²) in [4.78, 5) is 14.9.